The van der Waals surface area contributed by atoms with Crippen LogP contribution in [0.1, 0.15) is 12.1 Å². The van der Waals surface area contributed by atoms with Gasteiger partial charge < -0.3 is 9.84 Å². The van der Waals surface area contributed by atoms with Gasteiger partial charge in [0.2, 0.25) is 5.82 Å². The van der Waals surface area contributed by atoms with E-state index in [2.05, 4.69) is 41.6 Å². The van der Waals surface area contributed by atoms with Crippen molar-refractivity contribution in [3.63, 3.8) is 0 Å². The van der Waals surface area contributed by atoms with Crippen molar-refractivity contribution in [2.75, 3.05) is 32.2 Å². The lowest BCUT2D eigenvalue weighted by atomic mass is 10.3. The first-order valence-electron chi connectivity index (χ1n) is 7.75. The summed E-state index contributed by atoms with van der Waals surface area (Å²) in [7, 11) is -1.39. The van der Waals surface area contributed by atoms with E-state index < -0.39 is 13.3 Å². The van der Waals surface area contributed by atoms with Crippen LogP contribution in [0, 0.1) is 5.82 Å². The topological polar surface area (TPSA) is 134 Å². The Morgan fingerprint density at radius 1 is 1.44 bits per heavy atom. The summed E-state index contributed by atoms with van der Waals surface area (Å²) < 4.78 is 34.8. The van der Waals surface area contributed by atoms with E-state index in [9.17, 15) is 14.2 Å². The molecule has 0 radical (unpaired) electrons. The predicted octanol–water partition coefficient (Wildman–Crippen LogP) is 2.89. The Bertz CT molecular complexity index is 849. The first-order valence-corrected chi connectivity index (χ1v) is 10.6. The van der Waals surface area contributed by atoms with Crippen molar-refractivity contribution in [1.29, 1.82) is 0 Å². The van der Waals surface area contributed by atoms with E-state index in [-0.39, 0.29) is 21.8 Å². The van der Waals surface area contributed by atoms with Gasteiger partial charge in [0.25, 0.3) is 7.52 Å². The number of hydroxylamine groups is 1. The number of hydrogen-bond acceptors (Lipinski definition) is 8. The molecule has 1 aromatic carbocycles. The second-order valence-electron chi connectivity index (χ2n) is 5.35. The Hall–Kier alpha value is -1.85. The third kappa shape index (κ3) is 6.36. The molecule has 27 heavy (non-hydrogen) atoms. The number of nitrogens with zero attached hydrogens (tertiary/aromatic N) is 3. The van der Waals surface area contributed by atoms with Crippen LogP contribution >= 0.6 is 23.4 Å². The number of halogens is 2. The van der Waals surface area contributed by atoms with Crippen molar-refractivity contribution in [2.24, 2.45) is 4.99 Å². The molecule has 0 saturated carbocycles. The first kappa shape index (κ1) is 21.5. The van der Waals surface area contributed by atoms with Crippen LogP contribution in [0.15, 0.2) is 32.3 Å². The van der Waals surface area contributed by atoms with Crippen LogP contribution in [0.25, 0.3) is 0 Å². The Morgan fingerprint density at radius 2 is 2.22 bits per heavy atom. The molecule has 1 atom stereocenters. The molecule has 0 amide bonds. The second-order valence-corrected chi connectivity index (χ2v) is 8.58. The summed E-state index contributed by atoms with van der Waals surface area (Å²) in [6.45, 7) is 2.40. The van der Waals surface area contributed by atoms with Crippen molar-refractivity contribution in [2.45, 2.75) is 6.42 Å². The molecule has 0 saturated heterocycles. The number of aromatic nitrogens is 2. The van der Waals surface area contributed by atoms with Crippen LogP contribution in [0.2, 0.25) is 0 Å². The van der Waals surface area contributed by atoms with E-state index in [0.29, 0.717) is 25.2 Å². The Balaban J connectivity index is 2.02. The molecule has 2 aromatic rings. The van der Waals surface area contributed by atoms with Crippen molar-refractivity contribution < 1.29 is 23.3 Å². The van der Waals surface area contributed by atoms with Gasteiger partial charge >= 0.3 is 0 Å². The highest BCUT2D eigenvalue weighted by molar-refractivity contribution is 9.10. The lowest BCUT2D eigenvalue weighted by Crippen LogP contribution is -2.22. The fourth-order valence-corrected chi connectivity index (χ4v) is 2.98. The summed E-state index contributed by atoms with van der Waals surface area (Å²) in [6, 6.07) is 4.11. The highest BCUT2D eigenvalue weighted by Gasteiger charge is 2.17. The summed E-state index contributed by atoms with van der Waals surface area (Å²) >= 11 is 3.07. The van der Waals surface area contributed by atoms with Gasteiger partial charge in [0.15, 0.2) is 11.5 Å². The number of aliphatic imine (C=N–C) groups is 1. The zero-order valence-electron chi connectivity index (χ0n) is 14.6. The molecule has 0 aliphatic heterocycles. The summed E-state index contributed by atoms with van der Waals surface area (Å²) in [4.78, 5) is 4.16. The molecule has 0 bridgehead atoms. The third-order valence-electron chi connectivity index (χ3n) is 3.36. The molecule has 4 N–H and O–H groups in total. The maximum Gasteiger partial charge on any atom is 0.266 e. The van der Waals surface area contributed by atoms with Gasteiger partial charge in [0, 0.05) is 26.9 Å². The van der Waals surface area contributed by atoms with Crippen LogP contribution < -0.4 is 15.9 Å². The largest absolute Gasteiger partial charge is 0.365 e. The Morgan fingerprint density at radius 3 is 2.89 bits per heavy atom. The van der Waals surface area contributed by atoms with Gasteiger partial charge in [-0.1, -0.05) is 0 Å². The van der Waals surface area contributed by atoms with E-state index in [0.717, 1.165) is 0 Å². The van der Waals surface area contributed by atoms with E-state index >= 15 is 0 Å². The molecule has 0 spiro atoms. The molecule has 148 valence electrons. The predicted molar refractivity (Wildman–Crippen MR) is 101 cm³/mol. The standard InChI is InChI=1S/C14H19BrFN6O4P/c1-25-27(2,24)18-7-3-6-17-13-12(21-26-22-13)14(20-23)19-9-4-5-11(16)10(15)8-9/h4-5,8,23H,3,6-7H2,1-2H3,(H,17,22)(H,18,24)(H,19,20). The quantitative estimate of drug-likeness (QED) is 0.145. The fourth-order valence-electron chi connectivity index (χ4n) is 1.92. The average molecular weight is 465 g/mol. The average Bonchev–Trinajstić information content (AvgIpc) is 3.10. The van der Waals surface area contributed by atoms with Gasteiger partial charge in [-0.15, -0.1) is 0 Å². The molecule has 1 unspecified atom stereocenters. The molecule has 0 aliphatic rings. The summed E-state index contributed by atoms with van der Waals surface area (Å²) in [5.74, 6) is -0.215. The van der Waals surface area contributed by atoms with Crippen LogP contribution in [-0.2, 0) is 9.09 Å². The maximum absolute atomic E-state index is 13.3. The van der Waals surface area contributed by atoms with Crippen molar-refractivity contribution in [3.8, 4) is 0 Å². The van der Waals surface area contributed by atoms with E-state index in [1.54, 1.807) is 0 Å². The smallest absolute Gasteiger partial charge is 0.266 e. The SMILES string of the molecule is COP(C)(=O)NCCCNc1nonc1C(=Nc1ccc(F)c(Br)c1)NO. The number of anilines is 1. The molecular formula is C14H19BrFN6O4P. The monoisotopic (exact) mass is 464 g/mol. The number of rotatable bonds is 9. The van der Waals surface area contributed by atoms with Gasteiger partial charge in [-0.25, -0.2) is 19.1 Å². The fraction of sp³-hybridized carbons (Fsp3) is 0.357. The summed E-state index contributed by atoms with van der Waals surface area (Å²) in [5, 5.41) is 22.6. The first-order chi connectivity index (χ1) is 12.9. The van der Waals surface area contributed by atoms with E-state index in [4.69, 9.17) is 9.15 Å². The number of nitrogens with one attached hydrogen (secondary N) is 3. The lowest BCUT2D eigenvalue weighted by Gasteiger charge is -2.12. The molecule has 1 aromatic heterocycles. The van der Waals surface area contributed by atoms with Crippen LogP contribution in [0.4, 0.5) is 15.9 Å². The lowest BCUT2D eigenvalue weighted by molar-refractivity contribution is 0.234. The molecule has 0 fully saturated rings. The second kappa shape index (κ2) is 9.90. The van der Waals surface area contributed by atoms with Crippen molar-refractivity contribution >= 4 is 40.8 Å². The number of amidine groups is 1. The minimum Gasteiger partial charge on any atom is -0.365 e. The van der Waals surface area contributed by atoms with E-state index in [1.807, 2.05) is 5.48 Å². The van der Waals surface area contributed by atoms with Gasteiger partial charge in [0.1, 0.15) is 5.82 Å². The van der Waals surface area contributed by atoms with E-state index in [1.165, 1.54) is 32.0 Å². The molecular weight excluding hydrogens is 446 g/mol. The summed E-state index contributed by atoms with van der Waals surface area (Å²) in [6.07, 6.45) is 0.609. The molecule has 1 heterocycles. The molecule has 2 rings (SSSR count). The Labute approximate surface area is 163 Å². The normalized spacial score (nSPS) is 14.0. The maximum atomic E-state index is 13.3. The zero-order chi connectivity index (χ0) is 19.9. The van der Waals surface area contributed by atoms with Gasteiger partial charge in [0.05, 0.1) is 10.2 Å². The van der Waals surface area contributed by atoms with Gasteiger partial charge in [-0.3, -0.25) is 15.3 Å². The van der Waals surface area contributed by atoms with Crippen LogP contribution in [0.5, 0.6) is 0 Å². The molecule has 0 aliphatic carbocycles. The van der Waals surface area contributed by atoms with Crippen LogP contribution in [-0.4, -0.2) is 48.2 Å². The third-order valence-corrected chi connectivity index (χ3v) is 5.46. The summed E-state index contributed by atoms with van der Waals surface area (Å²) in [5.41, 5.74) is 2.44. The van der Waals surface area contributed by atoms with Crippen molar-refractivity contribution in [1.82, 2.24) is 20.9 Å². The zero-order valence-corrected chi connectivity index (χ0v) is 17.1. The van der Waals surface area contributed by atoms with Gasteiger partial charge in [-0.2, -0.15) is 0 Å². The van der Waals surface area contributed by atoms with Gasteiger partial charge in [-0.05, 0) is 50.9 Å². The number of hydrogen-bond donors (Lipinski definition) is 4. The highest BCUT2D eigenvalue weighted by atomic mass is 79.9. The minimum atomic E-state index is -2.77. The van der Waals surface area contributed by atoms with Crippen molar-refractivity contribution in [3.05, 3.63) is 34.2 Å². The van der Waals surface area contributed by atoms with Crippen LogP contribution in [0.3, 0.4) is 0 Å². The minimum absolute atomic E-state index is 0.0344. The highest BCUT2D eigenvalue weighted by Crippen LogP contribution is 2.35. The molecule has 13 heteroatoms. The molecule has 10 nitrogen and oxygen atoms in total. The Kier molecular flexibility index (Phi) is 7.87. The number of benzene rings is 1.